The number of methoxy groups -OCH3 is 4. The number of amides is 1. The molecule has 4 rings (SSSR count). The van der Waals surface area contributed by atoms with Gasteiger partial charge in [0.15, 0.2) is 17.2 Å². The molecule has 1 amide bonds. The molecule has 8 nitrogen and oxygen atoms in total. The molecule has 3 aromatic carbocycles. The van der Waals surface area contributed by atoms with Crippen molar-refractivity contribution in [2.24, 2.45) is 0 Å². The number of Topliss-reactive ketones (excluding diaryl/α,β-unsaturated/α-hetero) is 1. The number of carbonyl (C=O) groups excluding carboxylic acids is 2. The maximum atomic E-state index is 13.4. The molecule has 0 aromatic heterocycles. The Balaban J connectivity index is 1.90. The standard InChI is InChI=1S/C28H25Cl2NO7/c1-35-18-8-5-15(6-9-18)14-31-24(16-7-10-21(36-2)22(13-16)37-3)23(26(33)28(31)34)25(32)17-11-19(29)27(38-4)20(30)12-17/h5-13,24,32H,14H2,1-4H3/b25-23+. The molecule has 3 aromatic rings. The average molecular weight is 558 g/mol. The summed E-state index contributed by atoms with van der Waals surface area (Å²) in [6.45, 7) is 0.0917. The van der Waals surface area contributed by atoms with E-state index in [4.69, 9.17) is 42.1 Å². The summed E-state index contributed by atoms with van der Waals surface area (Å²) >= 11 is 12.6. The molecule has 1 N–H and O–H groups in total. The van der Waals surface area contributed by atoms with Crippen molar-refractivity contribution >= 4 is 40.7 Å². The molecule has 1 atom stereocenters. The van der Waals surface area contributed by atoms with Gasteiger partial charge < -0.3 is 29.0 Å². The Kier molecular flexibility index (Phi) is 8.04. The van der Waals surface area contributed by atoms with Crippen molar-refractivity contribution in [2.75, 3.05) is 28.4 Å². The van der Waals surface area contributed by atoms with Gasteiger partial charge in [0.25, 0.3) is 11.7 Å². The maximum absolute atomic E-state index is 13.4. The Hall–Kier alpha value is -3.88. The van der Waals surface area contributed by atoms with Crippen molar-refractivity contribution in [3.05, 3.63) is 86.9 Å². The minimum atomic E-state index is -0.948. The third-order valence-corrected chi connectivity index (χ3v) is 6.81. The fourth-order valence-electron chi connectivity index (χ4n) is 4.39. The van der Waals surface area contributed by atoms with Crippen LogP contribution in [-0.4, -0.2) is 50.1 Å². The number of aliphatic hydroxyl groups is 1. The number of halogens is 2. The summed E-state index contributed by atoms with van der Waals surface area (Å²) in [6.07, 6.45) is 0. The summed E-state index contributed by atoms with van der Waals surface area (Å²) in [4.78, 5) is 28.1. The molecule has 0 spiro atoms. The number of likely N-dealkylation sites (tertiary alicyclic amines) is 1. The van der Waals surface area contributed by atoms with E-state index in [0.29, 0.717) is 22.8 Å². The molecule has 10 heteroatoms. The molecule has 1 aliphatic rings. The van der Waals surface area contributed by atoms with E-state index in [1.54, 1.807) is 49.6 Å². The van der Waals surface area contributed by atoms with Gasteiger partial charge in [-0.3, -0.25) is 9.59 Å². The fourth-order valence-corrected chi connectivity index (χ4v) is 5.03. The first-order valence-electron chi connectivity index (χ1n) is 11.4. The van der Waals surface area contributed by atoms with E-state index in [1.807, 2.05) is 0 Å². The quantitative estimate of drug-likeness (QED) is 0.217. The smallest absolute Gasteiger partial charge is 0.295 e. The highest BCUT2D eigenvalue weighted by Gasteiger charge is 2.46. The normalized spacial score (nSPS) is 16.5. The van der Waals surface area contributed by atoms with Crippen molar-refractivity contribution in [1.82, 2.24) is 4.90 Å². The van der Waals surface area contributed by atoms with Crippen LogP contribution in [0.4, 0.5) is 0 Å². The van der Waals surface area contributed by atoms with Gasteiger partial charge in [-0.15, -0.1) is 0 Å². The van der Waals surface area contributed by atoms with Gasteiger partial charge in [-0.25, -0.2) is 0 Å². The van der Waals surface area contributed by atoms with Crippen LogP contribution < -0.4 is 18.9 Å². The lowest BCUT2D eigenvalue weighted by molar-refractivity contribution is -0.140. The molecule has 0 aliphatic carbocycles. The monoisotopic (exact) mass is 557 g/mol. The fraction of sp³-hybridized carbons (Fsp3) is 0.214. The minimum absolute atomic E-state index is 0.0917. The third-order valence-electron chi connectivity index (χ3n) is 6.25. The Morgan fingerprint density at radius 2 is 1.47 bits per heavy atom. The second-order valence-electron chi connectivity index (χ2n) is 8.36. The lowest BCUT2D eigenvalue weighted by Crippen LogP contribution is -2.29. The van der Waals surface area contributed by atoms with Crippen molar-refractivity contribution in [3.8, 4) is 23.0 Å². The number of hydrogen-bond acceptors (Lipinski definition) is 7. The van der Waals surface area contributed by atoms with E-state index in [2.05, 4.69) is 0 Å². The second kappa shape index (κ2) is 11.2. The van der Waals surface area contributed by atoms with E-state index < -0.39 is 23.5 Å². The molecule has 0 bridgehead atoms. The lowest BCUT2D eigenvalue weighted by atomic mass is 9.94. The van der Waals surface area contributed by atoms with E-state index in [0.717, 1.165) is 5.56 Å². The molecule has 0 saturated carbocycles. The summed E-state index contributed by atoms with van der Waals surface area (Å²) in [5, 5.41) is 11.7. The van der Waals surface area contributed by atoms with E-state index in [-0.39, 0.29) is 33.5 Å². The molecule has 0 radical (unpaired) electrons. The number of ketones is 1. The van der Waals surface area contributed by atoms with E-state index in [9.17, 15) is 14.7 Å². The molecule has 1 unspecified atom stereocenters. The Bertz CT molecular complexity index is 1400. The minimum Gasteiger partial charge on any atom is -0.507 e. The zero-order valence-corrected chi connectivity index (χ0v) is 22.6. The first-order valence-corrected chi connectivity index (χ1v) is 12.2. The lowest BCUT2D eigenvalue weighted by Gasteiger charge is -2.26. The summed E-state index contributed by atoms with van der Waals surface area (Å²) in [5.41, 5.74) is 1.33. The van der Waals surface area contributed by atoms with Gasteiger partial charge in [-0.05, 0) is 47.5 Å². The Morgan fingerprint density at radius 1 is 0.842 bits per heavy atom. The topological polar surface area (TPSA) is 94.5 Å². The molecular formula is C28H25Cl2NO7. The number of hydrogen-bond donors (Lipinski definition) is 1. The van der Waals surface area contributed by atoms with Crippen LogP contribution >= 0.6 is 23.2 Å². The summed E-state index contributed by atoms with van der Waals surface area (Å²) in [6, 6.07) is 14.1. The SMILES string of the molecule is COc1ccc(CN2C(=O)C(=O)/C(=C(/O)c3cc(Cl)c(OC)c(Cl)c3)C2c2ccc(OC)c(OC)c2)cc1. The highest BCUT2D eigenvalue weighted by molar-refractivity contribution is 6.46. The van der Waals surface area contributed by atoms with Crippen LogP contribution in [0.2, 0.25) is 10.0 Å². The molecule has 1 heterocycles. The van der Waals surface area contributed by atoms with Gasteiger partial charge in [0.2, 0.25) is 0 Å². The first kappa shape index (κ1) is 27.2. The molecular weight excluding hydrogens is 533 g/mol. The van der Waals surface area contributed by atoms with Crippen LogP contribution in [-0.2, 0) is 16.1 Å². The van der Waals surface area contributed by atoms with Crippen LogP contribution in [0.15, 0.2) is 60.2 Å². The Morgan fingerprint density at radius 3 is 2.03 bits per heavy atom. The molecule has 198 valence electrons. The summed E-state index contributed by atoms with van der Waals surface area (Å²) in [7, 11) is 5.96. The predicted octanol–water partition coefficient (Wildman–Crippen LogP) is 5.65. The maximum Gasteiger partial charge on any atom is 0.295 e. The number of ether oxygens (including phenoxy) is 4. The van der Waals surface area contributed by atoms with Crippen LogP contribution in [0.1, 0.15) is 22.7 Å². The number of carbonyl (C=O) groups is 2. The first-order chi connectivity index (χ1) is 18.2. The second-order valence-corrected chi connectivity index (χ2v) is 9.18. The van der Waals surface area contributed by atoms with Gasteiger partial charge in [0.1, 0.15) is 11.5 Å². The zero-order valence-electron chi connectivity index (χ0n) is 21.1. The molecule has 1 aliphatic heterocycles. The van der Waals surface area contributed by atoms with Crippen molar-refractivity contribution in [1.29, 1.82) is 0 Å². The average Bonchev–Trinajstić information content (AvgIpc) is 3.17. The van der Waals surface area contributed by atoms with Gasteiger partial charge in [-0.2, -0.15) is 0 Å². The van der Waals surface area contributed by atoms with E-state index in [1.165, 1.54) is 38.4 Å². The van der Waals surface area contributed by atoms with Crippen LogP contribution in [0.3, 0.4) is 0 Å². The largest absolute Gasteiger partial charge is 0.507 e. The molecule has 1 saturated heterocycles. The van der Waals surface area contributed by atoms with Crippen molar-refractivity contribution in [2.45, 2.75) is 12.6 Å². The number of rotatable bonds is 8. The Labute approximate surface area is 229 Å². The zero-order chi connectivity index (χ0) is 27.6. The summed E-state index contributed by atoms with van der Waals surface area (Å²) in [5.74, 6) is -0.298. The summed E-state index contributed by atoms with van der Waals surface area (Å²) < 4.78 is 21.2. The van der Waals surface area contributed by atoms with Gasteiger partial charge in [0, 0.05) is 12.1 Å². The predicted molar refractivity (Wildman–Crippen MR) is 143 cm³/mol. The highest BCUT2D eigenvalue weighted by Crippen LogP contribution is 2.44. The third kappa shape index (κ3) is 4.97. The van der Waals surface area contributed by atoms with Crippen molar-refractivity contribution in [3.63, 3.8) is 0 Å². The number of aliphatic hydroxyl groups excluding tert-OH is 1. The number of nitrogens with zero attached hydrogens (tertiary/aromatic N) is 1. The molecule has 38 heavy (non-hydrogen) atoms. The van der Waals surface area contributed by atoms with Gasteiger partial charge in [-0.1, -0.05) is 41.4 Å². The van der Waals surface area contributed by atoms with Gasteiger partial charge in [0.05, 0.1) is 50.1 Å². The van der Waals surface area contributed by atoms with Crippen molar-refractivity contribution < 1.29 is 33.6 Å². The van der Waals surface area contributed by atoms with Crippen LogP contribution in [0.5, 0.6) is 23.0 Å². The van der Waals surface area contributed by atoms with Crippen LogP contribution in [0, 0.1) is 0 Å². The highest BCUT2D eigenvalue weighted by atomic mass is 35.5. The van der Waals surface area contributed by atoms with Gasteiger partial charge >= 0.3 is 0 Å². The van der Waals surface area contributed by atoms with Crippen LogP contribution in [0.25, 0.3) is 5.76 Å². The van der Waals surface area contributed by atoms with E-state index >= 15 is 0 Å². The molecule has 1 fully saturated rings. The number of benzene rings is 3.